The number of furan rings is 1. The second kappa shape index (κ2) is 8.89. The van der Waals surface area contributed by atoms with Gasteiger partial charge in [0.1, 0.15) is 5.76 Å². The van der Waals surface area contributed by atoms with Crippen LogP contribution in [0.15, 0.2) is 27.8 Å². The Hall–Kier alpha value is -0.800. The predicted octanol–water partition coefficient (Wildman–Crippen LogP) is 2.07. The molecule has 2 fully saturated rings. The molecule has 6 nitrogen and oxygen atoms in total. The predicted molar refractivity (Wildman–Crippen MR) is 101 cm³/mol. The van der Waals surface area contributed by atoms with Gasteiger partial charge < -0.3 is 19.8 Å². The standard InChI is InChI=1S/C16H26N4O2.HI/c1-13-12-20(8-10-21-13)16(17)18-11-14(15-5-4-9-22-15)19-6-2-3-7-19;/h4-5,9,13-14H,2-3,6-8,10-12H2,1H3,(H2,17,18);1H. The van der Waals surface area contributed by atoms with E-state index in [-0.39, 0.29) is 36.1 Å². The van der Waals surface area contributed by atoms with Gasteiger partial charge in [-0.05, 0) is 45.0 Å². The number of aliphatic imine (C=N–C) groups is 1. The Balaban J connectivity index is 0.00000192. The number of nitrogens with two attached hydrogens (primary N) is 1. The highest BCUT2D eigenvalue weighted by Crippen LogP contribution is 2.25. The minimum atomic E-state index is 0. The highest BCUT2D eigenvalue weighted by molar-refractivity contribution is 14.0. The van der Waals surface area contributed by atoms with Crippen molar-refractivity contribution in [2.45, 2.75) is 31.9 Å². The highest BCUT2D eigenvalue weighted by Gasteiger charge is 2.26. The van der Waals surface area contributed by atoms with E-state index in [2.05, 4.69) is 21.7 Å². The molecule has 0 amide bonds. The van der Waals surface area contributed by atoms with Crippen molar-refractivity contribution in [3.63, 3.8) is 0 Å². The van der Waals surface area contributed by atoms with E-state index in [0.717, 1.165) is 31.9 Å². The van der Waals surface area contributed by atoms with Crippen LogP contribution in [0.5, 0.6) is 0 Å². The molecule has 0 aliphatic carbocycles. The topological polar surface area (TPSA) is 67.2 Å². The fourth-order valence-electron chi connectivity index (χ4n) is 3.23. The Kier molecular flexibility index (Phi) is 7.16. The Morgan fingerprint density at radius 3 is 2.83 bits per heavy atom. The molecule has 3 rings (SSSR count). The maximum absolute atomic E-state index is 6.18. The SMILES string of the molecule is CC1CN(C(N)=NCC(c2ccco2)N2CCCC2)CCO1.I. The van der Waals surface area contributed by atoms with Crippen LogP contribution in [-0.4, -0.2) is 61.2 Å². The lowest BCUT2D eigenvalue weighted by Crippen LogP contribution is -2.48. The van der Waals surface area contributed by atoms with Crippen molar-refractivity contribution in [2.75, 3.05) is 39.3 Å². The van der Waals surface area contributed by atoms with Crippen molar-refractivity contribution >= 4 is 29.9 Å². The molecule has 2 aliphatic rings. The van der Waals surface area contributed by atoms with Crippen molar-refractivity contribution in [2.24, 2.45) is 10.7 Å². The molecule has 0 aromatic carbocycles. The first-order valence-corrected chi connectivity index (χ1v) is 8.18. The van der Waals surface area contributed by atoms with E-state index in [1.54, 1.807) is 6.26 Å². The smallest absolute Gasteiger partial charge is 0.191 e. The summed E-state index contributed by atoms with van der Waals surface area (Å²) in [5.41, 5.74) is 6.18. The van der Waals surface area contributed by atoms with E-state index < -0.39 is 0 Å². The second-order valence-electron chi connectivity index (χ2n) is 6.10. The highest BCUT2D eigenvalue weighted by atomic mass is 127. The third-order valence-corrected chi connectivity index (χ3v) is 4.44. The van der Waals surface area contributed by atoms with Crippen molar-refractivity contribution in [3.8, 4) is 0 Å². The molecular weight excluding hydrogens is 407 g/mol. The molecule has 2 saturated heterocycles. The van der Waals surface area contributed by atoms with Gasteiger partial charge in [0.05, 0.1) is 31.6 Å². The molecule has 2 atom stereocenters. The van der Waals surface area contributed by atoms with E-state index in [4.69, 9.17) is 14.9 Å². The molecule has 7 heteroatoms. The van der Waals surface area contributed by atoms with Crippen LogP contribution in [0.1, 0.15) is 31.6 Å². The zero-order chi connectivity index (χ0) is 15.4. The molecule has 3 heterocycles. The Labute approximate surface area is 155 Å². The monoisotopic (exact) mass is 434 g/mol. The number of guanidine groups is 1. The minimum Gasteiger partial charge on any atom is -0.468 e. The van der Waals surface area contributed by atoms with Gasteiger partial charge >= 0.3 is 0 Å². The van der Waals surface area contributed by atoms with Crippen molar-refractivity contribution in [1.82, 2.24) is 9.80 Å². The lowest BCUT2D eigenvalue weighted by atomic mass is 10.2. The van der Waals surface area contributed by atoms with Gasteiger partial charge in [-0.3, -0.25) is 9.89 Å². The zero-order valence-electron chi connectivity index (χ0n) is 13.7. The molecule has 23 heavy (non-hydrogen) atoms. The summed E-state index contributed by atoms with van der Waals surface area (Å²) in [6, 6.07) is 4.16. The fourth-order valence-corrected chi connectivity index (χ4v) is 3.23. The average Bonchev–Trinajstić information content (AvgIpc) is 3.21. The molecule has 0 bridgehead atoms. The van der Waals surface area contributed by atoms with Gasteiger partial charge in [0.25, 0.3) is 0 Å². The molecule has 0 spiro atoms. The van der Waals surface area contributed by atoms with Crippen molar-refractivity contribution in [1.29, 1.82) is 0 Å². The Bertz CT molecular complexity index is 488. The van der Waals surface area contributed by atoms with Gasteiger partial charge in [-0.2, -0.15) is 0 Å². The summed E-state index contributed by atoms with van der Waals surface area (Å²) in [7, 11) is 0. The fraction of sp³-hybridized carbons (Fsp3) is 0.688. The number of halogens is 1. The van der Waals surface area contributed by atoms with E-state index in [1.807, 2.05) is 12.1 Å². The lowest BCUT2D eigenvalue weighted by molar-refractivity contribution is 0.00524. The summed E-state index contributed by atoms with van der Waals surface area (Å²) < 4.78 is 11.2. The van der Waals surface area contributed by atoms with Crippen LogP contribution in [-0.2, 0) is 4.74 Å². The maximum Gasteiger partial charge on any atom is 0.191 e. The number of morpholine rings is 1. The second-order valence-corrected chi connectivity index (χ2v) is 6.10. The molecule has 2 aliphatic heterocycles. The minimum absolute atomic E-state index is 0. The Morgan fingerprint density at radius 2 is 2.17 bits per heavy atom. The van der Waals surface area contributed by atoms with Crippen LogP contribution in [0.2, 0.25) is 0 Å². The first-order valence-electron chi connectivity index (χ1n) is 8.18. The molecule has 2 N–H and O–H groups in total. The number of likely N-dealkylation sites (tertiary alicyclic amines) is 1. The number of rotatable bonds is 4. The summed E-state index contributed by atoms with van der Waals surface area (Å²) in [4.78, 5) is 9.20. The summed E-state index contributed by atoms with van der Waals surface area (Å²) in [5.74, 6) is 1.60. The molecule has 1 aromatic rings. The van der Waals surface area contributed by atoms with Crippen LogP contribution in [0, 0.1) is 0 Å². The third-order valence-electron chi connectivity index (χ3n) is 4.44. The maximum atomic E-state index is 6.18. The summed E-state index contributed by atoms with van der Waals surface area (Å²) in [6.07, 6.45) is 4.44. The summed E-state index contributed by atoms with van der Waals surface area (Å²) in [6.45, 7) is 7.26. The number of hydrogen-bond acceptors (Lipinski definition) is 4. The molecule has 0 saturated carbocycles. The summed E-state index contributed by atoms with van der Waals surface area (Å²) >= 11 is 0. The molecule has 0 radical (unpaired) electrons. The van der Waals surface area contributed by atoms with E-state index in [0.29, 0.717) is 19.1 Å². The van der Waals surface area contributed by atoms with Gasteiger partial charge in [0.15, 0.2) is 5.96 Å². The van der Waals surface area contributed by atoms with E-state index in [1.165, 1.54) is 12.8 Å². The molecule has 2 unspecified atom stereocenters. The van der Waals surface area contributed by atoms with Crippen LogP contribution in [0.4, 0.5) is 0 Å². The molecule has 1 aromatic heterocycles. The van der Waals surface area contributed by atoms with E-state index in [9.17, 15) is 0 Å². The van der Waals surface area contributed by atoms with Crippen LogP contribution >= 0.6 is 24.0 Å². The van der Waals surface area contributed by atoms with Gasteiger partial charge in [0, 0.05) is 13.1 Å². The van der Waals surface area contributed by atoms with Gasteiger partial charge in [-0.25, -0.2) is 0 Å². The zero-order valence-corrected chi connectivity index (χ0v) is 16.0. The normalized spacial score (nSPS) is 24.5. The number of nitrogens with zero attached hydrogens (tertiary/aromatic N) is 3. The Morgan fingerprint density at radius 1 is 1.39 bits per heavy atom. The van der Waals surface area contributed by atoms with Gasteiger partial charge in [0.2, 0.25) is 0 Å². The van der Waals surface area contributed by atoms with Gasteiger partial charge in [-0.1, -0.05) is 0 Å². The van der Waals surface area contributed by atoms with Crippen molar-refractivity contribution in [3.05, 3.63) is 24.2 Å². The largest absolute Gasteiger partial charge is 0.468 e. The van der Waals surface area contributed by atoms with Gasteiger partial charge in [-0.15, -0.1) is 24.0 Å². The van der Waals surface area contributed by atoms with E-state index >= 15 is 0 Å². The first-order chi connectivity index (χ1) is 10.7. The van der Waals surface area contributed by atoms with Crippen molar-refractivity contribution < 1.29 is 9.15 Å². The quantitative estimate of drug-likeness (QED) is 0.447. The van der Waals surface area contributed by atoms with Crippen LogP contribution in [0.25, 0.3) is 0 Å². The van der Waals surface area contributed by atoms with Crippen LogP contribution < -0.4 is 5.73 Å². The number of hydrogen-bond donors (Lipinski definition) is 1. The molecule has 130 valence electrons. The van der Waals surface area contributed by atoms with Crippen LogP contribution in [0.3, 0.4) is 0 Å². The molecular formula is C16H27IN4O2. The number of ether oxygens (including phenoxy) is 1. The lowest BCUT2D eigenvalue weighted by Gasteiger charge is -2.32. The summed E-state index contributed by atoms with van der Waals surface area (Å²) in [5, 5.41) is 0. The average molecular weight is 434 g/mol. The third kappa shape index (κ3) is 4.84. The first kappa shape index (κ1) is 18.5.